The zero-order chi connectivity index (χ0) is 14.4. The van der Waals surface area contributed by atoms with E-state index in [1.54, 1.807) is 14.2 Å². The van der Waals surface area contributed by atoms with E-state index in [-0.39, 0.29) is 18.2 Å². The van der Waals surface area contributed by atoms with Crippen molar-refractivity contribution in [1.29, 1.82) is 0 Å². The van der Waals surface area contributed by atoms with Crippen molar-refractivity contribution >= 4 is 0 Å². The summed E-state index contributed by atoms with van der Waals surface area (Å²) in [7, 11) is 3.31. The SMILES string of the molecule is COCCOC1C(N)CC1OCc1ccc(OC)cc1. The summed E-state index contributed by atoms with van der Waals surface area (Å²) in [6.45, 7) is 1.69. The van der Waals surface area contributed by atoms with Gasteiger partial charge in [0.05, 0.1) is 39.1 Å². The van der Waals surface area contributed by atoms with Crippen LogP contribution in [0.3, 0.4) is 0 Å². The molecule has 1 aromatic carbocycles. The number of benzene rings is 1. The summed E-state index contributed by atoms with van der Waals surface area (Å²) in [4.78, 5) is 0. The summed E-state index contributed by atoms with van der Waals surface area (Å²) in [6.07, 6.45) is 0.890. The smallest absolute Gasteiger partial charge is 0.118 e. The highest BCUT2D eigenvalue weighted by Crippen LogP contribution is 2.26. The molecule has 0 amide bonds. The van der Waals surface area contributed by atoms with Gasteiger partial charge in [0, 0.05) is 13.2 Å². The number of nitrogens with two attached hydrogens (primary N) is 1. The van der Waals surface area contributed by atoms with Crippen LogP contribution in [0.4, 0.5) is 0 Å². The monoisotopic (exact) mass is 281 g/mol. The van der Waals surface area contributed by atoms with Gasteiger partial charge in [-0.1, -0.05) is 12.1 Å². The Labute approximate surface area is 120 Å². The van der Waals surface area contributed by atoms with Gasteiger partial charge < -0.3 is 24.7 Å². The van der Waals surface area contributed by atoms with Crippen LogP contribution in [0.15, 0.2) is 24.3 Å². The van der Waals surface area contributed by atoms with Gasteiger partial charge in [-0.3, -0.25) is 0 Å². The van der Waals surface area contributed by atoms with Gasteiger partial charge >= 0.3 is 0 Å². The fraction of sp³-hybridized carbons (Fsp3) is 0.600. The molecular weight excluding hydrogens is 258 g/mol. The highest BCUT2D eigenvalue weighted by Gasteiger charge is 2.40. The van der Waals surface area contributed by atoms with Crippen molar-refractivity contribution in [1.82, 2.24) is 0 Å². The second-order valence-electron chi connectivity index (χ2n) is 4.93. The van der Waals surface area contributed by atoms with E-state index in [9.17, 15) is 0 Å². The van der Waals surface area contributed by atoms with Crippen molar-refractivity contribution in [2.75, 3.05) is 27.4 Å². The molecule has 1 fully saturated rings. The Balaban J connectivity index is 1.75. The van der Waals surface area contributed by atoms with Crippen molar-refractivity contribution in [2.45, 2.75) is 31.3 Å². The van der Waals surface area contributed by atoms with E-state index in [2.05, 4.69) is 0 Å². The molecule has 0 aliphatic heterocycles. The number of hydrogen-bond acceptors (Lipinski definition) is 5. The lowest BCUT2D eigenvalue weighted by Gasteiger charge is -2.41. The lowest BCUT2D eigenvalue weighted by atomic mass is 9.86. The molecule has 1 aliphatic carbocycles. The van der Waals surface area contributed by atoms with Gasteiger partial charge in [-0.25, -0.2) is 0 Å². The molecule has 0 bridgehead atoms. The standard InChI is InChI=1S/C15H23NO4/c1-17-7-8-19-15-13(16)9-14(15)20-10-11-3-5-12(18-2)6-4-11/h3-6,13-15H,7-10,16H2,1-2H3. The number of methoxy groups -OCH3 is 2. The summed E-state index contributed by atoms with van der Waals surface area (Å²) >= 11 is 0. The highest BCUT2D eigenvalue weighted by molar-refractivity contribution is 5.26. The lowest BCUT2D eigenvalue weighted by Crippen LogP contribution is -2.58. The van der Waals surface area contributed by atoms with Gasteiger partial charge in [-0.05, 0) is 24.1 Å². The molecule has 1 aliphatic rings. The molecule has 0 heterocycles. The van der Waals surface area contributed by atoms with Crippen molar-refractivity contribution in [3.63, 3.8) is 0 Å². The Bertz CT molecular complexity index is 395. The van der Waals surface area contributed by atoms with Crippen LogP contribution in [0.5, 0.6) is 5.75 Å². The molecule has 5 heteroatoms. The van der Waals surface area contributed by atoms with E-state index in [1.807, 2.05) is 24.3 Å². The Morgan fingerprint density at radius 1 is 1.10 bits per heavy atom. The Morgan fingerprint density at radius 3 is 2.45 bits per heavy atom. The Kier molecular flexibility index (Phi) is 5.79. The molecule has 1 saturated carbocycles. The first kappa shape index (κ1) is 15.3. The molecule has 0 radical (unpaired) electrons. The van der Waals surface area contributed by atoms with Gasteiger partial charge in [0.1, 0.15) is 5.75 Å². The fourth-order valence-corrected chi connectivity index (χ4v) is 2.20. The maximum absolute atomic E-state index is 5.94. The molecule has 0 spiro atoms. The molecule has 0 aromatic heterocycles. The first-order valence-corrected chi connectivity index (χ1v) is 6.85. The Hall–Kier alpha value is -1.14. The minimum absolute atomic E-state index is 0.0246. The third kappa shape index (κ3) is 3.93. The predicted molar refractivity (Wildman–Crippen MR) is 75.8 cm³/mol. The van der Waals surface area contributed by atoms with Gasteiger partial charge in [0.15, 0.2) is 0 Å². The average molecular weight is 281 g/mol. The van der Waals surface area contributed by atoms with Crippen LogP contribution in [0.1, 0.15) is 12.0 Å². The van der Waals surface area contributed by atoms with E-state index in [0.717, 1.165) is 17.7 Å². The van der Waals surface area contributed by atoms with E-state index < -0.39 is 0 Å². The van der Waals surface area contributed by atoms with Crippen LogP contribution in [0, 0.1) is 0 Å². The molecule has 2 rings (SSSR count). The predicted octanol–water partition coefficient (Wildman–Crippen LogP) is 1.34. The third-order valence-electron chi connectivity index (χ3n) is 3.51. The van der Waals surface area contributed by atoms with Crippen LogP contribution in [-0.4, -0.2) is 45.7 Å². The molecule has 2 N–H and O–H groups in total. The summed E-state index contributed by atoms with van der Waals surface area (Å²) in [5.41, 5.74) is 7.05. The molecule has 5 nitrogen and oxygen atoms in total. The summed E-state index contributed by atoms with van der Waals surface area (Å²) < 4.78 is 21.6. The van der Waals surface area contributed by atoms with Gasteiger partial charge in [-0.2, -0.15) is 0 Å². The largest absolute Gasteiger partial charge is 0.497 e. The minimum atomic E-state index is -0.0246. The molecule has 3 unspecified atom stereocenters. The van der Waals surface area contributed by atoms with Gasteiger partial charge in [0.25, 0.3) is 0 Å². The van der Waals surface area contributed by atoms with Crippen LogP contribution in [0.25, 0.3) is 0 Å². The molecule has 0 saturated heterocycles. The maximum Gasteiger partial charge on any atom is 0.118 e. The van der Waals surface area contributed by atoms with Crippen molar-refractivity contribution in [3.05, 3.63) is 29.8 Å². The third-order valence-corrected chi connectivity index (χ3v) is 3.51. The molecule has 3 atom stereocenters. The second kappa shape index (κ2) is 7.59. The van der Waals surface area contributed by atoms with Gasteiger partial charge in [0.2, 0.25) is 0 Å². The zero-order valence-electron chi connectivity index (χ0n) is 12.1. The number of hydrogen-bond donors (Lipinski definition) is 1. The second-order valence-corrected chi connectivity index (χ2v) is 4.93. The van der Waals surface area contributed by atoms with E-state index >= 15 is 0 Å². The van der Waals surface area contributed by atoms with Crippen LogP contribution in [0.2, 0.25) is 0 Å². The quantitative estimate of drug-likeness (QED) is 0.729. The number of rotatable bonds is 8. The van der Waals surface area contributed by atoms with E-state index in [1.165, 1.54) is 0 Å². The first-order valence-electron chi connectivity index (χ1n) is 6.85. The zero-order valence-corrected chi connectivity index (χ0v) is 12.1. The van der Waals surface area contributed by atoms with E-state index in [0.29, 0.717) is 19.8 Å². The summed E-state index contributed by atoms with van der Waals surface area (Å²) in [5.74, 6) is 0.847. The summed E-state index contributed by atoms with van der Waals surface area (Å²) in [5, 5.41) is 0. The van der Waals surface area contributed by atoms with Crippen molar-refractivity contribution in [3.8, 4) is 5.75 Å². The van der Waals surface area contributed by atoms with Crippen molar-refractivity contribution < 1.29 is 18.9 Å². The molecule has 1 aromatic rings. The van der Waals surface area contributed by atoms with E-state index in [4.69, 9.17) is 24.7 Å². The topological polar surface area (TPSA) is 62.9 Å². The molecule has 112 valence electrons. The Morgan fingerprint density at radius 2 is 1.85 bits per heavy atom. The van der Waals surface area contributed by atoms with Crippen molar-refractivity contribution in [2.24, 2.45) is 5.73 Å². The highest BCUT2D eigenvalue weighted by atomic mass is 16.6. The normalized spacial score (nSPS) is 25.2. The van der Waals surface area contributed by atoms with Gasteiger partial charge in [-0.15, -0.1) is 0 Å². The maximum atomic E-state index is 5.94. The minimum Gasteiger partial charge on any atom is -0.497 e. The fourth-order valence-electron chi connectivity index (χ4n) is 2.20. The molecular formula is C15H23NO4. The lowest BCUT2D eigenvalue weighted by molar-refractivity contribution is -0.149. The molecule has 20 heavy (non-hydrogen) atoms. The average Bonchev–Trinajstić information content (AvgIpc) is 2.48. The van der Waals surface area contributed by atoms with Crippen LogP contribution in [-0.2, 0) is 20.8 Å². The van der Waals surface area contributed by atoms with Crippen LogP contribution >= 0.6 is 0 Å². The summed E-state index contributed by atoms with van der Waals surface area (Å²) in [6, 6.07) is 7.92. The first-order chi connectivity index (χ1) is 9.74. The number of ether oxygens (including phenoxy) is 4. The van der Waals surface area contributed by atoms with Crippen LogP contribution < -0.4 is 10.5 Å².